The molecule has 0 aliphatic heterocycles. The molecule has 0 aromatic heterocycles. The van der Waals surface area contributed by atoms with Gasteiger partial charge in [-0.05, 0) is 25.7 Å². The van der Waals surface area contributed by atoms with Gasteiger partial charge in [-0.2, -0.15) is 0 Å². The predicted octanol–water partition coefficient (Wildman–Crippen LogP) is 2.47. The van der Waals surface area contributed by atoms with Gasteiger partial charge < -0.3 is 9.84 Å². The van der Waals surface area contributed by atoms with E-state index in [1.165, 1.54) is 0 Å². The topological polar surface area (TPSA) is 63.6 Å². The number of carbonyl (C=O) groups is 2. The summed E-state index contributed by atoms with van der Waals surface area (Å²) in [5, 5.41) is 9.32. The van der Waals surface area contributed by atoms with Crippen LogP contribution in [0.5, 0.6) is 0 Å². The molecule has 94 valence electrons. The molecule has 0 aliphatic rings. The van der Waals surface area contributed by atoms with E-state index in [1.807, 2.05) is 6.92 Å². The maximum atomic E-state index is 11.9. The SMILES string of the molecule is CCCC(C)C(CC)(C(=O)O)C(=O)OCC. The number of hydrogen-bond donors (Lipinski definition) is 1. The second-order valence-electron chi connectivity index (χ2n) is 4.04. The lowest BCUT2D eigenvalue weighted by Crippen LogP contribution is -2.45. The summed E-state index contributed by atoms with van der Waals surface area (Å²) >= 11 is 0. The molecular weight excluding hydrogens is 208 g/mol. The van der Waals surface area contributed by atoms with Crippen LogP contribution in [0.2, 0.25) is 0 Å². The molecule has 4 nitrogen and oxygen atoms in total. The zero-order chi connectivity index (χ0) is 12.8. The van der Waals surface area contributed by atoms with E-state index in [0.717, 1.165) is 6.42 Å². The minimum Gasteiger partial charge on any atom is -0.480 e. The number of carbonyl (C=O) groups excluding carboxylic acids is 1. The first-order valence-electron chi connectivity index (χ1n) is 5.87. The molecule has 0 heterocycles. The summed E-state index contributed by atoms with van der Waals surface area (Å²) in [5.41, 5.74) is -1.38. The summed E-state index contributed by atoms with van der Waals surface area (Å²) in [6.45, 7) is 7.40. The minimum atomic E-state index is -1.38. The van der Waals surface area contributed by atoms with Crippen molar-refractivity contribution in [2.45, 2.75) is 47.0 Å². The summed E-state index contributed by atoms with van der Waals surface area (Å²) in [4.78, 5) is 23.2. The van der Waals surface area contributed by atoms with Crippen LogP contribution in [0.1, 0.15) is 47.0 Å². The maximum absolute atomic E-state index is 11.9. The number of esters is 1. The van der Waals surface area contributed by atoms with Gasteiger partial charge in [0.1, 0.15) is 0 Å². The minimum absolute atomic E-state index is 0.209. The van der Waals surface area contributed by atoms with Gasteiger partial charge in [-0.15, -0.1) is 0 Å². The van der Waals surface area contributed by atoms with E-state index in [1.54, 1.807) is 20.8 Å². The Morgan fingerprint density at radius 3 is 2.19 bits per heavy atom. The van der Waals surface area contributed by atoms with Gasteiger partial charge in [0.2, 0.25) is 0 Å². The molecule has 16 heavy (non-hydrogen) atoms. The molecule has 0 radical (unpaired) electrons. The van der Waals surface area contributed by atoms with Crippen LogP contribution in [-0.2, 0) is 14.3 Å². The molecule has 0 aromatic rings. The molecule has 4 heteroatoms. The molecule has 0 rings (SSSR count). The average Bonchev–Trinajstić information content (AvgIpc) is 2.19. The van der Waals surface area contributed by atoms with Crippen LogP contribution in [0.4, 0.5) is 0 Å². The Labute approximate surface area is 97.0 Å². The van der Waals surface area contributed by atoms with Gasteiger partial charge in [0.05, 0.1) is 6.61 Å². The van der Waals surface area contributed by atoms with Crippen molar-refractivity contribution in [2.24, 2.45) is 11.3 Å². The van der Waals surface area contributed by atoms with Crippen LogP contribution in [0.15, 0.2) is 0 Å². The number of aliphatic carboxylic acids is 1. The van der Waals surface area contributed by atoms with Gasteiger partial charge in [-0.1, -0.05) is 27.2 Å². The molecule has 2 atom stereocenters. The summed E-state index contributed by atoms with van der Waals surface area (Å²) in [6.07, 6.45) is 1.83. The van der Waals surface area contributed by atoms with Crippen LogP contribution in [0, 0.1) is 11.3 Å². The van der Waals surface area contributed by atoms with E-state index in [9.17, 15) is 14.7 Å². The van der Waals surface area contributed by atoms with E-state index in [0.29, 0.717) is 6.42 Å². The monoisotopic (exact) mass is 230 g/mol. The third kappa shape index (κ3) is 2.74. The fraction of sp³-hybridized carbons (Fsp3) is 0.833. The number of carboxylic acids is 1. The van der Waals surface area contributed by atoms with Crippen LogP contribution >= 0.6 is 0 Å². The highest BCUT2D eigenvalue weighted by Crippen LogP contribution is 2.36. The third-order valence-corrected chi connectivity index (χ3v) is 3.14. The van der Waals surface area contributed by atoms with Crippen LogP contribution in [0.3, 0.4) is 0 Å². The molecule has 0 aromatic carbocycles. The molecular formula is C12H22O4. The highest BCUT2D eigenvalue weighted by molar-refractivity contribution is 5.99. The van der Waals surface area contributed by atoms with E-state index >= 15 is 0 Å². The zero-order valence-corrected chi connectivity index (χ0v) is 10.6. The van der Waals surface area contributed by atoms with Gasteiger partial charge in [0.15, 0.2) is 5.41 Å². The summed E-state index contributed by atoms with van der Waals surface area (Å²) < 4.78 is 4.91. The van der Waals surface area contributed by atoms with Crippen LogP contribution in [-0.4, -0.2) is 23.7 Å². The highest BCUT2D eigenvalue weighted by Gasteiger charge is 2.50. The van der Waals surface area contributed by atoms with Crippen molar-refractivity contribution < 1.29 is 19.4 Å². The van der Waals surface area contributed by atoms with Gasteiger partial charge in [0, 0.05) is 0 Å². The Morgan fingerprint density at radius 1 is 1.31 bits per heavy atom. The van der Waals surface area contributed by atoms with Crippen molar-refractivity contribution in [3.63, 3.8) is 0 Å². The van der Waals surface area contributed by atoms with Crippen LogP contribution < -0.4 is 0 Å². The quantitative estimate of drug-likeness (QED) is 0.539. The van der Waals surface area contributed by atoms with Gasteiger partial charge in [-0.25, -0.2) is 0 Å². The van der Waals surface area contributed by atoms with E-state index in [4.69, 9.17) is 4.74 Å². The van der Waals surface area contributed by atoms with Crippen molar-refractivity contribution in [2.75, 3.05) is 6.61 Å². The van der Waals surface area contributed by atoms with Gasteiger partial charge >= 0.3 is 11.9 Å². The summed E-state index contributed by atoms with van der Waals surface area (Å²) in [5.74, 6) is -1.89. The van der Waals surface area contributed by atoms with Crippen molar-refractivity contribution in [3.05, 3.63) is 0 Å². The Morgan fingerprint density at radius 2 is 1.88 bits per heavy atom. The van der Waals surface area contributed by atoms with Crippen LogP contribution in [0.25, 0.3) is 0 Å². The Hall–Kier alpha value is -1.06. The van der Waals surface area contributed by atoms with E-state index in [-0.39, 0.29) is 18.9 Å². The molecule has 2 unspecified atom stereocenters. The fourth-order valence-electron chi connectivity index (χ4n) is 2.08. The van der Waals surface area contributed by atoms with Gasteiger partial charge in [-0.3, -0.25) is 9.59 Å². The Kier molecular flexibility index (Phi) is 6.08. The standard InChI is InChI=1S/C12H22O4/c1-5-8-9(4)12(6-2,10(13)14)11(15)16-7-3/h9H,5-8H2,1-4H3,(H,13,14). The number of rotatable bonds is 7. The van der Waals surface area contributed by atoms with Crippen molar-refractivity contribution in [1.29, 1.82) is 0 Å². The third-order valence-electron chi connectivity index (χ3n) is 3.14. The molecule has 0 saturated heterocycles. The molecule has 0 spiro atoms. The zero-order valence-electron chi connectivity index (χ0n) is 10.6. The first-order valence-corrected chi connectivity index (χ1v) is 5.87. The smallest absolute Gasteiger partial charge is 0.323 e. The lowest BCUT2D eigenvalue weighted by molar-refractivity contribution is -0.173. The van der Waals surface area contributed by atoms with Crippen molar-refractivity contribution >= 4 is 11.9 Å². The predicted molar refractivity (Wildman–Crippen MR) is 61.1 cm³/mol. The first-order chi connectivity index (χ1) is 7.47. The normalized spacial score (nSPS) is 16.2. The summed E-state index contributed by atoms with van der Waals surface area (Å²) in [6, 6.07) is 0. The molecule has 0 aliphatic carbocycles. The number of carboxylic acid groups (broad SMARTS) is 1. The van der Waals surface area contributed by atoms with Crippen molar-refractivity contribution in [3.8, 4) is 0 Å². The van der Waals surface area contributed by atoms with E-state index < -0.39 is 17.4 Å². The molecule has 1 N–H and O–H groups in total. The number of hydrogen-bond acceptors (Lipinski definition) is 3. The Bertz CT molecular complexity index is 249. The lowest BCUT2D eigenvalue weighted by atomic mass is 9.72. The average molecular weight is 230 g/mol. The first kappa shape index (κ1) is 14.9. The second kappa shape index (κ2) is 6.51. The largest absolute Gasteiger partial charge is 0.480 e. The fourth-order valence-corrected chi connectivity index (χ4v) is 2.08. The Balaban J connectivity index is 5.14. The molecule has 0 saturated carbocycles. The summed E-state index contributed by atoms with van der Waals surface area (Å²) in [7, 11) is 0. The van der Waals surface area contributed by atoms with Crippen molar-refractivity contribution in [1.82, 2.24) is 0 Å². The molecule has 0 bridgehead atoms. The second-order valence-corrected chi connectivity index (χ2v) is 4.04. The number of ether oxygens (including phenoxy) is 1. The van der Waals surface area contributed by atoms with E-state index in [2.05, 4.69) is 0 Å². The lowest BCUT2D eigenvalue weighted by Gasteiger charge is -2.31. The molecule has 0 fully saturated rings. The highest BCUT2D eigenvalue weighted by atomic mass is 16.5. The molecule has 0 amide bonds. The maximum Gasteiger partial charge on any atom is 0.323 e. The van der Waals surface area contributed by atoms with Gasteiger partial charge in [0.25, 0.3) is 0 Å².